The van der Waals surface area contributed by atoms with Gasteiger partial charge in [0.2, 0.25) is 11.8 Å². The van der Waals surface area contributed by atoms with Crippen LogP contribution >= 0.6 is 11.3 Å². The van der Waals surface area contributed by atoms with Crippen LogP contribution in [0.25, 0.3) is 22.0 Å². The van der Waals surface area contributed by atoms with Gasteiger partial charge in [-0.25, -0.2) is 4.98 Å². The molecule has 0 spiro atoms. The molecule has 0 aliphatic carbocycles. The van der Waals surface area contributed by atoms with Gasteiger partial charge in [-0.15, -0.1) is 21.5 Å². The average molecular weight is 446 g/mol. The Labute approximate surface area is 192 Å². The molecular formula is C25H27N5OS. The zero-order valence-electron chi connectivity index (χ0n) is 18.4. The van der Waals surface area contributed by atoms with Crippen LogP contribution in [0.3, 0.4) is 0 Å². The molecule has 0 amide bonds. The molecule has 0 saturated carbocycles. The number of benzene rings is 2. The van der Waals surface area contributed by atoms with Crippen LogP contribution in [-0.2, 0) is 6.54 Å². The molecule has 1 fully saturated rings. The van der Waals surface area contributed by atoms with Gasteiger partial charge in [-0.1, -0.05) is 48.0 Å². The second-order valence-electron chi connectivity index (χ2n) is 8.31. The third-order valence-corrected chi connectivity index (χ3v) is 6.95. The minimum atomic E-state index is 0.104. The van der Waals surface area contributed by atoms with E-state index >= 15 is 0 Å². The van der Waals surface area contributed by atoms with Crippen LogP contribution in [0.1, 0.15) is 30.1 Å². The Balaban J connectivity index is 1.16. The summed E-state index contributed by atoms with van der Waals surface area (Å²) >= 11 is 1.72. The van der Waals surface area contributed by atoms with E-state index in [0.717, 1.165) is 49.0 Å². The third-order valence-electron chi connectivity index (χ3n) is 6.01. The van der Waals surface area contributed by atoms with Crippen LogP contribution in [0.15, 0.2) is 64.4 Å². The van der Waals surface area contributed by atoms with Gasteiger partial charge in [0.25, 0.3) is 0 Å². The highest BCUT2D eigenvalue weighted by molar-refractivity contribution is 7.13. The van der Waals surface area contributed by atoms with Gasteiger partial charge in [0.05, 0.1) is 11.7 Å². The Bertz CT molecular complexity index is 1150. The third kappa shape index (κ3) is 4.65. The molecule has 164 valence electrons. The van der Waals surface area contributed by atoms with Gasteiger partial charge in [-0.05, 0) is 26.0 Å². The van der Waals surface area contributed by atoms with E-state index in [2.05, 4.69) is 75.6 Å². The minimum Gasteiger partial charge on any atom is -0.419 e. The molecule has 6 nitrogen and oxygen atoms in total. The number of aryl methyl sites for hydroxylation is 1. The molecule has 1 saturated heterocycles. The molecule has 7 heteroatoms. The smallest absolute Gasteiger partial charge is 0.247 e. The van der Waals surface area contributed by atoms with E-state index in [1.165, 1.54) is 11.1 Å². The van der Waals surface area contributed by atoms with Crippen molar-refractivity contribution in [3.05, 3.63) is 77.1 Å². The first-order valence-corrected chi connectivity index (χ1v) is 11.9. The summed E-state index contributed by atoms with van der Waals surface area (Å²) in [5, 5.41) is 11.9. The number of hydrogen-bond donors (Lipinski definition) is 0. The van der Waals surface area contributed by atoms with E-state index in [9.17, 15) is 0 Å². The van der Waals surface area contributed by atoms with E-state index in [1.54, 1.807) is 11.3 Å². The van der Waals surface area contributed by atoms with Gasteiger partial charge in [0, 0.05) is 49.2 Å². The molecule has 5 rings (SSSR count). The highest BCUT2D eigenvalue weighted by Gasteiger charge is 2.26. The van der Waals surface area contributed by atoms with Crippen molar-refractivity contribution in [3.63, 3.8) is 0 Å². The van der Waals surface area contributed by atoms with Gasteiger partial charge in [0.15, 0.2) is 0 Å². The predicted octanol–water partition coefficient (Wildman–Crippen LogP) is 5.05. The lowest BCUT2D eigenvalue weighted by molar-refractivity contribution is 0.0870. The molecule has 1 atom stereocenters. The molecule has 0 bridgehead atoms. The topological polar surface area (TPSA) is 58.3 Å². The van der Waals surface area contributed by atoms with Gasteiger partial charge < -0.3 is 4.42 Å². The molecule has 1 unspecified atom stereocenters. The van der Waals surface area contributed by atoms with Crippen molar-refractivity contribution in [3.8, 4) is 22.0 Å². The Kier molecular flexibility index (Phi) is 6.12. The zero-order valence-corrected chi connectivity index (χ0v) is 19.3. The van der Waals surface area contributed by atoms with Crippen molar-refractivity contribution in [2.75, 3.05) is 26.2 Å². The lowest BCUT2D eigenvalue weighted by atomic mass is 10.1. The highest BCUT2D eigenvalue weighted by atomic mass is 32.1. The first-order valence-electron chi connectivity index (χ1n) is 11.0. The van der Waals surface area contributed by atoms with Crippen molar-refractivity contribution in [2.45, 2.75) is 26.4 Å². The largest absolute Gasteiger partial charge is 0.419 e. The summed E-state index contributed by atoms with van der Waals surface area (Å²) in [6.45, 7) is 9.06. The molecule has 32 heavy (non-hydrogen) atoms. The standard InChI is InChI=1S/C25H27N5OS/c1-18-8-10-20(11-9-18)24-28-27-23(31-24)19(2)30-14-12-29(13-15-30)16-22-17-32-25(26-22)21-6-4-3-5-7-21/h3-11,17,19H,12-16H2,1-2H3. The van der Waals surface area contributed by atoms with Gasteiger partial charge in [-0.2, -0.15) is 0 Å². The Morgan fingerprint density at radius 3 is 2.44 bits per heavy atom. The second kappa shape index (κ2) is 9.32. The fourth-order valence-electron chi connectivity index (χ4n) is 4.00. The molecule has 3 heterocycles. The van der Waals surface area contributed by atoms with E-state index in [1.807, 2.05) is 18.2 Å². The van der Waals surface area contributed by atoms with Crippen LogP contribution < -0.4 is 0 Å². The van der Waals surface area contributed by atoms with E-state index in [4.69, 9.17) is 9.40 Å². The van der Waals surface area contributed by atoms with Crippen molar-refractivity contribution < 1.29 is 4.42 Å². The van der Waals surface area contributed by atoms with Crippen LogP contribution in [0.4, 0.5) is 0 Å². The van der Waals surface area contributed by atoms with E-state index < -0.39 is 0 Å². The maximum atomic E-state index is 6.01. The maximum Gasteiger partial charge on any atom is 0.247 e. The lowest BCUT2D eigenvalue weighted by Gasteiger charge is -2.36. The van der Waals surface area contributed by atoms with Gasteiger partial charge in [0.1, 0.15) is 5.01 Å². The molecule has 0 radical (unpaired) electrons. The van der Waals surface area contributed by atoms with Crippen LogP contribution in [0, 0.1) is 6.92 Å². The molecule has 2 aromatic carbocycles. The van der Waals surface area contributed by atoms with Gasteiger partial charge >= 0.3 is 0 Å². The molecule has 0 N–H and O–H groups in total. The summed E-state index contributed by atoms with van der Waals surface area (Å²) in [5.41, 5.74) is 4.51. The summed E-state index contributed by atoms with van der Waals surface area (Å²) in [7, 11) is 0. The molecule has 1 aliphatic heterocycles. The SMILES string of the molecule is Cc1ccc(-c2nnc(C(C)N3CCN(Cc4csc(-c5ccccc5)n4)CC3)o2)cc1. The molecule has 1 aliphatic rings. The predicted molar refractivity (Wildman–Crippen MR) is 127 cm³/mol. The summed E-state index contributed by atoms with van der Waals surface area (Å²) in [6.07, 6.45) is 0. The normalized spacial score (nSPS) is 16.3. The first kappa shape index (κ1) is 21.0. The maximum absolute atomic E-state index is 6.01. The van der Waals surface area contributed by atoms with Crippen LogP contribution in [0.5, 0.6) is 0 Å². The van der Waals surface area contributed by atoms with Crippen molar-refractivity contribution in [2.24, 2.45) is 0 Å². The summed E-state index contributed by atoms with van der Waals surface area (Å²) < 4.78 is 6.01. The Morgan fingerprint density at radius 1 is 0.938 bits per heavy atom. The number of aromatic nitrogens is 3. The minimum absolute atomic E-state index is 0.104. The lowest BCUT2D eigenvalue weighted by Crippen LogP contribution is -2.46. The monoisotopic (exact) mass is 445 g/mol. The number of nitrogens with zero attached hydrogens (tertiary/aromatic N) is 5. The fraction of sp³-hybridized carbons (Fsp3) is 0.320. The van der Waals surface area contributed by atoms with Crippen molar-refractivity contribution >= 4 is 11.3 Å². The Hall–Kier alpha value is -2.87. The van der Waals surface area contributed by atoms with Crippen molar-refractivity contribution in [1.82, 2.24) is 25.0 Å². The average Bonchev–Trinajstić information content (AvgIpc) is 3.51. The quantitative estimate of drug-likeness (QED) is 0.414. The molecule has 2 aromatic heterocycles. The fourth-order valence-corrected chi connectivity index (χ4v) is 4.82. The summed E-state index contributed by atoms with van der Waals surface area (Å²) in [4.78, 5) is 9.73. The van der Waals surface area contributed by atoms with E-state index in [0.29, 0.717) is 11.8 Å². The van der Waals surface area contributed by atoms with Gasteiger partial charge in [-0.3, -0.25) is 9.80 Å². The van der Waals surface area contributed by atoms with Crippen LogP contribution in [0.2, 0.25) is 0 Å². The van der Waals surface area contributed by atoms with Crippen LogP contribution in [-0.4, -0.2) is 51.2 Å². The first-order chi connectivity index (χ1) is 15.7. The number of thiazole rings is 1. The Morgan fingerprint density at radius 2 is 1.69 bits per heavy atom. The van der Waals surface area contributed by atoms with Crippen molar-refractivity contribution in [1.29, 1.82) is 0 Å². The number of rotatable bonds is 6. The summed E-state index contributed by atoms with van der Waals surface area (Å²) in [5.74, 6) is 1.27. The number of hydrogen-bond acceptors (Lipinski definition) is 7. The molecular weight excluding hydrogens is 418 g/mol. The molecule has 4 aromatic rings. The summed E-state index contributed by atoms with van der Waals surface area (Å²) in [6, 6.07) is 18.7. The van der Waals surface area contributed by atoms with E-state index in [-0.39, 0.29) is 6.04 Å². The highest BCUT2D eigenvalue weighted by Crippen LogP contribution is 2.26. The number of piperazine rings is 1. The zero-order chi connectivity index (χ0) is 21.9. The second-order valence-corrected chi connectivity index (χ2v) is 9.17.